The van der Waals surface area contributed by atoms with E-state index < -0.39 is 0 Å². The van der Waals surface area contributed by atoms with Crippen molar-refractivity contribution in [3.05, 3.63) is 35.7 Å². The molecule has 0 atom stereocenters. The van der Waals surface area contributed by atoms with E-state index in [2.05, 4.69) is 38.0 Å². The molecule has 0 radical (unpaired) electrons. The fourth-order valence-electron chi connectivity index (χ4n) is 4.81. The fourth-order valence-corrected chi connectivity index (χ4v) is 4.81. The molecular formula is C22H34N6O. The maximum atomic E-state index is 12.8. The Morgan fingerprint density at radius 1 is 1.21 bits per heavy atom. The highest BCUT2D eigenvalue weighted by atomic mass is 16.1. The Morgan fingerprint density at radius 3 is 2.69 bits per heavy atom. The molecule has 7 heteroatoms. The van der Waals surface area contributed by atoms with E-state index in [1.54, 1.807) is 4.68 Å². The third-order valence-electron chi connectivity index (χ3n) is 6.54. The van der Waals surface area contributed by atoms with Crippen molar-refractivity contribution in [1.82, 2.24) is 29.5 Å². The summed E-state index contributed by atoms with van der Waals surface area (Å²) in [6, 6.07) is 0.342. The minimum absolute atomic E-state index is 0.0591. The van der Waals surface area contributed by atoms with Crippen molar-refractivity contribution in [2.75, 3.05) is 13.1 Å². The van der Waals surface area contributed by atoms with Crippen LogP contribution in [0.3, 0.4) is 0 Å². The van der Waals surface area contributed by atoms with Gasteiger partial charge >= 0.3 is 0 Å². The van der Waals surface area contributed by atoms with Gasteiger partial charge in [0.05, 0.1) is 17.8 Å². The van der Waals surface area contributed by atoms with Crippen molar-refractivity contribution in [3.8, 4) is 0 Å². The SMILES string of the molecule is CCn1ccnc1CN1CCC(Cc2nn(C)cc2C(=O)NC2CCCC2)CC1. The van der Waals surface area contributed by atoms with Crippen LogP contribution in [0.5, 0.6) is 0 Å². The molecule has 2 aromatic rings. The van der Waals surface area contributed by atoms with Crippen LogP contribution >= 0.6 is 0 Å². The Kier molecular flexibility index (Phi) is 6.33. The van der Waals surface area contributed by atoms with E-state index >= 15 is 0 Å². The van der Waals surface area contributed by atoms with Gasteiger partial charge in [-0.2, -0.15) is 5.10 Å². The van der Waals surface area contributed by atoms with Crippen LogP contribution in [0, 0.1) is 5.92 Å². The van der Waals surface area contributed by atoms with Crippen molar-refractivity contribution in [2.45, 2.75) is 71.0 Å². The zero-order chi connectivity index (χ0) is 20.2. The molecule has 1 amide bonds. The first kappa shape index (κ1) is 20.1. The molecular weight excluding hydrogens is 364 g/mol. The van der Waals surface area contributed by atoms with Crippen molar-refractivity contribution in [3.63, 3.8) is 0 Å². The molecule has 29 heavy (non-hydrogen) atoms. The number of carbonyl (C=O) groups excluding carboxylic acids is 1. The molecule has 1 N–H and O–H groups in total. The lowest BCUT2D eigenvalue weighted by molar-refractivity contribution is 0.0936. The van der Waals surface area contributed by atoms with Crippen molar-refractivity contribution >= 4 is 5.91 Å². The van der Waals surface area contributed by atoms with Crippen molar-refractivity contribution in [2.24, 2.45) is 13.0 Å². The van der Waals surface area contributed by atoms with Gasteiger partial charge in [-0.1, -0.05) is 12.8 Å². The molecule has 7 nitrogen and oxygen atoms in total. The van der Waals surface area contributed by atoms with Crippen molar-refractivity contribution in [1.29, 1.82) is 0 Å². The number of hydrogen-bond donors (Lipinski definition) is 1. The number of amides is 1. The van der Waals surface area contributed by atoms with E-state index in [0.717, 1.165) is 75.4 Å². The zero-order valence-electron chi connectivity index (χ0n) is 17.8. The first-order valence-electron chi connectivity index (χ1n) is 11.2. The van der Waals surface area contributed by atoms with Gasteiger partial charge in [0.2, 0.25) is 0 Å². The average molecular weight is 399 g/mol. The molecule has 1 aliphatic heterocycles. The van der Waals surface area contributed by atoms with Crippen molar-refractivity contribution < 1.29 is 4.79 Å². The number of aryl methyl sites for hydroxylation is 2. The van der Waals surface area contributed by atoms with Crippen LogP contribution in [-0.4, -0.2) is 49.3 Å². The number of piperidine rings is 1. The largest absolute Gasteiger partial charge is 0.349 e. The summed E-state index contributed by atoms with van der Waals surface area (Å²) in [5.74, 6) is 1.80. The quantitative estimate of drug-likeness (QED) is 0.779. The molecule has 2 aliphatic rings. The van der Waals surface area contributed by atoms with Gasteiger partial charge in [0.25, 0.3) is 5.91 Å². The molecule has 0 unspecified atom stereocenters. The van der Waals surface area contributed by atoms with Gasteiger partial charge < -0.3 is 9.88 Å². The van der Waals surface area contributed by atoms with Gasteiger partial charge in [-0.25, -0.2) is 4.98 Å². The Hall–Kier alpha value is -2.15. The van der Waals surface area contributed by atoms with Crippen LogP contribution in [0.2, 0.25) is 0 Å². The molecule has 2 aromatic heterocycles. The van der Waals surface area contributed by atoms with Crippen LogP contribution in [0.1, 0.15) is 67.3 Å². The third kappa shape index (κ3) is 4.89. The maximum absolute atomic E-state index is 12.8. The second kappa shape index (κ2) is 9.11. The van der Waals surface area contributed by atoms with Crippen LogP contribution in [0.25, 0.3) is 0 Å². The van der Waals surface area contributed by atoms with Gasteiger partial charge in [-0.3, -0.25) is 14.4 Å². The number of nitrogens with zero attached hydrogens (tertiary/aromatic N) is 5. The highest BCUT2D eigenvalue weighted by Crippen LogP contribution is 2.24. The van der Waals surface area contributed by atoms with Crippen LogP contribution in [0.4, 0.5) is 0 Å². The first-order valence-corrected chi connectivity index (χ1v) is 11.2. The maximum Gasteiger partial charge on any atom is 0.254 e. The number of likely N-dealkylation sites (tertiary alicyclic amines) is 1. The van der Waals surface area contributed by atoms with Gasteiger partial charge in [0, 0.05) is 38.2 Å². The molecule has 1 aliphatic carbocycles. The van der Waals surface area contributed by atoms with Gasteiger partial charge in [0.15, 0.2) is 0 Å². The first-order chi connectivity index (χ1) is 14.1. The van der Waals surface area contributed by atoms with Gasteiger partial charge in [-0.15, -0.1) is 0 Å². The lowest BCUT2D eigenvalue weighted by Crippen LogP contribution is -2.35. The number of rotatable bonds is 7. The van der Waals surface area contributed by atoms with Crippen LogP contribution in [0.15, 0.2) is 18.6 Å². The van der Waals surface area contributed by atoms with Crippen LogP contribution in [-0.2, 0) is 26.6 Å². The van der Waals surface area contributed by atoms with E-state index in [1.165, 1.54) is 12.8 Å². The van der Waals surface area contributed by atoms with E-state index in [1.807, 2.05) is 19.4 Å². The molecule has 4 rings (SSSR count). The summed E-state index contributed by atoms with van der Waals surface area (Å²) in [6.45, 7) is 6.21. The van der Waals surface area contributed by atoms with E-state index in [0.29, 0.717) is 12.0 Å². The highest BCUT2D eigenvalue weighted by Gasteiger charge is 2.25. The normalized spacial score (nSPS) is 19.1. The summed E-state index contributed by atoms with van der Waals surface area (Å²) in [5.41, 5.74) is 1.73. The second-order valence-corrected chi connectivity index (χ2v) is 8.67. The minimum atomic E-state index is 0.0591. The molecule has 0 aromatic carbocycles. The zero-order valence-corrected chi connectivity index (χ0v) is 17.8. The lowest BCUT2D eigenvalue weighted by atomic mass is 9.91. The lowest BCUT2D eigenvalue weighted by Gasteiger charge is -2.31. The summed E-state index contributed by atoms with van der Waals surface area (Å²) >= 11 is 0. The Bertz CT molecular complexity index is 811. The third-order valence-corrected chi connectivity index (χ3v) is 6.54. The Balaban J connectivity index is 1.32. The smallest absolute Gasteiger partial charge is 0.254 e. The van der Waals surface area contributed by atoms with Gasteiger partial charge in [0.1, 0.15) is 5.82 Å². The monoisotopic (exact) mass is 398 g/mol. The topological polar surface area (TPSA) is 68.0 Å². The Morgan fingerprint density at radius 2 is 1.97 bits per heavy atom. The summed E-state index contributed by atoms with van der Waals surface area (Å²) in [6.07, 6.45) is 13.7. The average Bonchev–Trinajstić information content (AvgIpc) is 3.45. The second-order valence-electron chi connectivity index (χ2n) is 8.67. The molecule has 1 saturated carbocycles. The fraction of sp³-hybridized carbons (Fsp3) is 0.682. The predicted octanol–water partition coefficient (Wildman–Crippen LogP) is 2.76. The summed E-state index contributed by atoms with van der Waals surface area (Å²) in [7, 11) is 1.91. The molecule has 1 saturated heterocycles. The molecule has 3 heterocycles. The van der Waals surface area contributed by atoms with Gasteiger partial charge in [-0.05, 0) is 58.0 Å². The molecule has 158 valence electrons. The molecule has 0 bridgehead atoms. The highest BCUT2D eigenvalue weighted by molar-refractivity contribution is 5.95. The molecule has 0 spiro atoms. The summed E-state index contributed by atoms with van der Waals surface area (Å²) in [4.78, 5) is 19.8. The standard InChI is InChI=1S/C22H34N6O/c1-3-28-13-10-23-21(28)16-27-11-8-17(9-12-27)14-20-19(15-26(2)25-20)22(29)24-18-6-4-5-7-18/h10,13,15,17-18H,3-9,11-12,14,16H2,1-2H3,(H,24,29). The number of hydrogen-bond acceptors (Lipinski definition) is 4. The number of nitrogens with one attached hydrogen (secondary N) is 1. The van der Waals surface area contributed by atoms with E-state index in [4.69, 9.17) is 0 Å². The summed E-state index contributed by atoms with van der Waals surface area (Å²) in [5, 5.41) is 7.85. The van der Waals surface area contributed by atoms with E-state index in [-0.39, 0.29) is 5.91 Å². The summed E-state index contributed by atoms with van der Waals surface area (Å²) < 4.78 is 4.01. The number of aromatic nitrogens is 4. The number of imidazole rings is 1. The van der Waals surface area contributed by atoms with E-state index in [9.17, 15) is 4.79 Å². The Labute approximate surface area is 173 Å². The van der Waals surface area contributed by atoms with Crippen LogP contribution < -0.4 is 5.32 Å². The predicted molar refractivity (Wildman–Crippen MR) is 113 cm³/mol. The number of carbonyl (C=O) groups is 1. The molecule has 2 fully saturated rings. The minimum Gasteiger partial charge on any atom is -0.349 e.